The van der Waals surface area contributed by atoms with Crippen LogP contribution >= 0.6 is 0 Å². The molecule has 0 aliphatic rings. The van der Waals surface area contributed by atoms with Crippen molar-refractivity contribution >= 4 is 10.0 Å². The Hall–Kier alpha value is -1.64. The Morgan fingerprint density at radius 2 is 2.22 bits per heavy atom. The van der Waals surface area contributed by atoms with Gasteiger partial charge < -0.3 is 14.3 Å². The highest BCUT2D eigenvalue weighted by Crippen LogP contribution is 2.11. The standard InChI is InChI=1S/C10H14N4O3S/c1-14-5-4-13-9(14)7-12-6-8-2-3-10(17-8)18(11,15)16/h2-5,12H,6-7H2,1H3,(H2,11,15,16). The van der Waals surface area contributed by atoms with E-state index in [1.807, 2.05) is 17.8 Å². The zero-order valence-corrected chi connectivity index (χ0v) is 10.6. The summed E-state index contributed by atoms with van der Waals surface area (Å²) < 4.78 is 29.0. The van der Waals surface area contributed by atoms with Crippen LogP contribution in [-0.2, 0) is 30.2 Å². The molecule has 2 aromatic heterocycles. The Labute approximate surface area is 105 Å². The Bertz CT molecular complexity index is 629. The number of furan rings is 1. The van der Waals surface area contributed by atoms with Gasteiger partial charge in [-0.25, -0.2) is 18.5 Å². The van der Waals surface area contributed by atoms with Crippen molar-refractivity contribution in [2.24, 2.45) is 12.2 Å². The number of nitrogens with one attached hydrogen (secondary N) is 1. The Balaban J connectivity index is 1.92. The minimum Gasteiger partial charge on any atom is -0.447 e. The van der Waals surface area contributed by atoms with Crippen LogP contribution in [0.5, 0.6) is 0 Å². The third-order valence-corrected chi connectivity index (χ3v) is 3.20. The smallest absolute Gasteiger partial charge is 0.271 e. The normalized spacial score (nSPS) is 11.9. The van der Waals surface area contributed by atoms with Crippen molar-refractivity contribution in [3.8, 4) is 0 Å². The number of hydrogen-bond acceptors (Lipinski definition) is 5. The van der Waals surface area contributed by atoms with Crippen molar-refractivity contribution in [1.82, 2.24) is 14.9 Å². The summed E-state index contributed by atoms with van der Waals surface area (Å²) in [6.45, 7) is 0.970. The summed E-state index contributed by atoms with van der Waals surface area (Å²) in [7, 11) is -1.87. The highest BCUT2D eigenvalue weighted by Gasteiger charge is 2.12. The van der Waals surface area contributed by atoms with Gasteiger partial charge >= 0.3 is 0 Å². The summed E-state index contributed by atoms with van der Waals surface area (Å²) in [6, 6.07) is 2.91. The highest BCUT2D eigenvalue weighted by atomic mass is 32.2. The van der Waals surface area contributed by atoms with E-state index >= 15 is 0 Å². The Morgan fingerprint density at radius 3 is 2.78 bits per heavy atom. The van der Waals surface area contributed by atoms with Gasteiger partial charge in [-0.2, -0.15) is 0 Å². The number of imidazole rings is 1. The van der Waals surface area contributed by atoms with Gasteiger partial charge in [0.15, 0.2) is 0 Å². The number of primary sulfonamides is 1. The third kappa shape index (κ3) is 2.97. The first-order valence-electron chi connectivity index (χ1n) is 5.25. The summed E-state index contributed by atoms with van der Waals surface area (Å²) in [6.07, 6.45) is 3.56. The van der Waals surface area contributed by atoms with Crippen LogP contribution in [0.2, 0.25) is 0 Å². The third-order valence-electron chi connectivity index (χ3n) is 2.42. The molecule has 0 saturated carbocycles. The average Bonchev–Trinajstić information content (AvgIpc) is 2.88. The van der Waals surface area contributed by atoms with Crippen LogP contribution < -0.4 is 10.5 Å². The zero-order chi connectivity index (χ0) is 13.2. The van der Waals surface area contributed by atoms with E-state index < -0.39 is 10.0 Å². The molecule has 0 fully saturated rings. The van der Waals surface area contributed by atoms with Crippen LogP contribution in [0.25, 0.3) is 0 Å². The molecule has 0 aliphatic carbocycles. The van der Waals surface area contributed by atoms with Crippen LogP contribution in [0, 0.1) is 0 Å². The van der Waals surface area contributed by atoms with E-state index in [-0.39, 0.29) is 5.09 Å². The van der Waals surface area contributed by atoms with Crippen LogP contribution in [0.3, 0.4) is 0 Å². The molecule has 0 saturated heterocycles. The predicted molar refractivity (Wildman–Crippen MR) is 63.8 cm³/mol. The molecule has 0 bridgehead atoms. The van der Waals surface area contributed by atoms with Gasteiger partial charge in [0.05, 0.1) is 13.1 Å². The van der Waals surface area contributed by atoms with Gasteiger partial charge in [0.25, 0.3) is 10.0 Å². The van der Waals surface area contributed by atoms with Crippen molar-refractivity contribution in [3.05, 3.63) is 36.1 Å². The lowest BCUT2D eigenvalue weighted by molar-refractivity contribution is 0.401. The molecule has 2 rings (SSSR count). The molecule has 0 unspecified atom stereocenters. The number of aromatic nitrogens is 2. The summed E-state index contributed by atoms with van der Waals surface area (Å²) >= 11 is 0. The zero-order valence-electron chi connectivity index (χ0n) is 9.83. The first kappa shape index (κ1) is 12.8. The number of nitrogens with two attached hydrogens (primary N) is 1. The van der Waals surface area contributed by atoms with E-state index in [0.717, 1.165) is 5.82 Å². The van der Waals surface area contributed by atoms with E-state index in [0.29, 0.717) is 18.8 Å². The average molecular weight is 270 g/mol. The lowest BCUT2D eigenvalue weighted by atomic mass is 10.4. The predicted octanol–water partition coefficient (Wildman–Crippen LogP) is -0.0497. The molecule has 0 aromatic carbocycles. The first-order valence-corrected chi connectivity index (χ1v) is 6.80. The number of nitrogens with zero attached hydrogens (tertiary/aromatic N) is 2. The van der Waals surface area contributed by atoms with Crippen molar-refractivity contribution in [2.45, 2.75) is 18.2 Å². The van der Waals surface area contributed by atoms with Gasteiger partial charge in [0.1, 0.15) is 11.6 Å². The largest absolute Gasteiger partial charge is 0.447 e. The summed E-state index contributed by atoms with van der Waals surface area (Å²) in [4.78, 5) is 4.15. The molecular formula is C10H14N4O3S. The molecule has 98 valence electrons. The molecule has 3 N–H and O–H groups in total. The maximum absolute atomic E-state index is 11.0. The molecule has 7 nitrogen and oxygen atoms in total. The van der Waals surface area contributed by atoms with Gasteiger partial charge in [-0.05, 0) is 12.1 Å². The summed E-state index contributed by atoms with van der Waals surface area (Å²) in [5, 5.41) is 7.81. The molecule has 18 heavy (non-hydrogen) atoms. The van der Waals surface area contributed by atoms with E-state index in [1.54, 1.807) is 12.3 Å². The van der Waals surface area contributed by atoms with Gasteiger partial charge in [-0.1, -0.05) is 0 Å². The number of hydrogen-bond donors (Lipinski definition) is 2. The Morgan fingerprint density at radius 1 is 1.44 bits per heavy atom. The van der Waals surface area contributed by atoms with E-state index in [1.165, 1.54) is 6.07 Å². The molecule has 2 aromatic rings. The van der Waals surface area contributed by atoms with Gasteiger partial charge in [-0.15, -0.1) is 0 Å². The monoisotopic (exact) mass is 270 g/mol. The minimum absolute atomic E-state index is 0.226. The lowest BCUT2D eigenvalue weighted by Gasteiger charge is -2.02. The van der Waals surface area contributed by atoms with Crippen molar-refractivity contribution in [3.63, 3.8) is 0 Å². The maximum Gasteiger partial charge on any atom is 0.271 e. The fourth-order valence-electron chi connectivity index (χ4n) is 1.47. The quantitative estimate of drug-likeness (QED) is 0.793. The highest BCUT2D eigenvalue weighted by molar-refractivity contribution is 7.89. The topological polar surface area (TPSA) is 103 Å². The van der Waals surface area contributed by atoms with Crippen LogP contribution in [0.15, 0.2) is 34.0 Å². The molecule has 8 heteroatoms. The van der Waals surface area contributed by atoms with Crippen LogP contribution in [0.4, 0.5) is 0 Å². The molecule has 0 spiro atoms. The van der Waals surface area contributed by atoms with Gasteiger partial charge in [0, 0.05) is 19.4 Å². The second-order valence-electron chi connectivity index (χ2n) is 3.82. The van der Waals surface area contributed by atoms with Crippen LogP contribution in [-0.4, -0.2) is 18.0 Å². The molecule has 0 radical (unpaired) electrons. The van der Waals surface area contributed by atoms with Crippen LogP contribution in [0.1, 0.15) is 11.6 Å². The van der Waals surface area contributed by atoms with Gasteiger partial charge in [-0.3, -0.25) is 0 Å². The molecule has 0 aliphatic heterocycles. The second-order valence-corrected chi connectivity index (χ2v) is 5.32. The van der Waals surface area contributed by atoms with Gasteiger partial charge in [0.2, 0.25) is 5.09 Å². The number of sulfonamides is 1. The number of rotatable bonds is 5. The van der Waals surface area contributed by atoms with Crippen molar-refractivity contribution in [2.75, 3.05) is 0 Å². The molecular weight excluding hydrogens is 256 g/mol. The van der Waals surface area contributed by atoms with E-state index in [9.17, 15) is 8.42 Å². The van der Waals surface area contributed by atoms with Crippen molar-refractivity contribution < 1.29 is 12.8 Å². The summed E-state index contributed by atoms with van der Waals surface area (Å²) in [5.41, 5.74) is 0. The van der Waals surface area contributed by atoms with Crippen molar-refractivity contribution in [1.29, 1.82) is 0 Å². The second kappa shape index (κ2) is 4.92. The minimum atomic E-state index is -3.77. The molecule has 0 amide bonds. The number of aryl methyl sites for hydroxylation is 1. The van der Waals surface area contributed by atoms with E-state index in [2.05, 4.69) is 10.3 Å². The fraction of sp³-hybridized carbons (Fsp3) is 0.300. The maximum atomic E-state index is 11.0. The van der Waals surface area contributed by atoms with E-state index in [4.69, 9.17) is 9.56 Å². The molecule has 2 heterocycles. The molecule has 0 atom stereocenters. The Kier molecular flexibility index (Phi) is 3.50. The fourth-order valence-corrected chi connectivity index (χ4v) is 1.95. The SMILES string of the molecule is Cn1ccnc1CNCc1ccc(S(N)(=O)=O)o1. The summed E-state index contributed by atoms with van der Waals surface area (Å²) in [5.74, 6) is 1.39. The lowest BCUT2D eigenvalue weighted by Crippen LogP contribution is -2.15. The first-order chi connectivity index (χ1) is 8.47.